The number of benzene rings is 1. The standard InChI is InChI=1S/C18H32O2Si/c1-5-9-17(19)11-8-6-7-10-16-12-14-18(15-13-16)20-21(2,3)4/h12-15,17,19H,5-11H2,1-4H3. The Kier molecular flexibility index (Phi) is 8.05. The molecule has 1 aromatic carbocycles. The van der Waals surface area contributed by atoms with Crippen LogP contribution in [-0.2, 0) is 6.42 Å². The molecule has 1 N–H and O–H groups in total. The van der Waals surface area contributed by atoms with Gasteiger partial charge in [0.1, 0.15) is 5.75 Å². The SMILES string of the molecule is CCCC(O)CCCCCc1ccc(O[Si](C)(C)C)cc1. The summed E-state index contributed by atoms with van der Waals surface area (Å²) >= 11 is 0. The highest BCUT2D eigenvalue weighted by molar-refractivity contribution is 6.70. The summed E-state index contributed by atoms with van der Waals surface area (Å²) in [5.74, 6) is 1.00. The van der Waals surface area contributed by atoms with Crippen LogP contribution in [0.15, 0.2) is 24.3 Å². The van der Waals surface area contributed by atoms with Crippen molar-refractivity contribution in [2.45, 2.75) is 77.6 Å². The molecule has 0 amide bonds. The van der Waals surface area contributed by atoms with Crippen LogP contribution in [0.5, 0.6) is 5.75 Å². The Hall–Kier alpha value is -0.803. The summed E-state index contributed by atoms with van der Waals surface area (Å²) in [6.45, 7) is 8.73. The van der Waals surface area contributed by atoms with E-state index in [0.717, 1.165) is 37.9 Å². The van der Waals surface area contributed by atoms with Gasteiger partial charge in [0.2, 0.25) is 8.32 Å². The normalized spacial score (nSPS) is 13.2. The fraction of sp³-hybridized carbons (Fsp3) is 0.667. The molecule has 0 saturated carbocycles. The first-order valence-electron chi connectivity index (χ1n) is 8.36. The zero-order valence-electron chi connectivity index (χ0n) is 14.2. The van der Waals surface area contributed by atoms with Crippen LogP contribution in [0.2, 0.25) is 19.6 Å². The maximum Gasteiger partial charge on any atom is 0.242 e. The molecule has 0 aromatic heterocycles. The third kappa shape index (κ3) is 8.94. The lowest BCUT2D eigenvalue weighted by atomic mass is 10.0. The van der Waals surface area contributed by atoms with E-state index in [9.17, 15) is 5.11 Å². The number of rotatable bonds is 10. The Balaban J connectivity index is 2.21. The molecule has 0 radical (unpaired) electrons. The second-order valence-electron chi connectivity index (χ2n) is 6.90. The van der Waals surface area contributed by atoms with E-state index in [0.29, 0.717) is 0 Å². The zero-order valence-corrected chi connectivity index (χ0v) is 15.2. The van der Waals surface area contributed by atoms with E-state index >= 15 is 0 Å². The number of hydrogen-bond donors (Lipinski definition) is 1. The summed E-state index contributed by atoms with van der Waals surface area (Å²) in [5, 5.41) is 9.68. The smallest absolute Gasteiger partial charge is 0.242 e. The highest BCUT2D eigenvalue weighted by Crippen LogP contribution is 2.18. The molecule has 0 aliphatic heterocycles. The lowest BCUT2D eigenvalue weighted by Gasteiger charge is -2.19. The molecule has 1 aromatic rings. The predicted molar refractivity (Wildman–Crippen MR) is 93.5 cm³/mol. The number of hydrogen-bond acceptors (Lipinski definition) is 2. The van der Waals surface area contributed by atoms with Crippen molar-refractivity contribution in [3.63, 3.8) is 0 Å². The molecule has 0 spiro atoms. The van der Waals surface area contributed by atoms with Crippen molar-refractivity contribution < 1.29 is 9.53 Å². The Morgan fingerprint density at radius 2 is 1.67 bits per heavy atom. The lowest BCUT2D eigenvalue weighted by molar-refractivity contribution is 0.150. The number of aliphatic hydroxyl groups is 1. The van der Waals surface area contributed by atoms with Crippen molar-refractivity contribution in [1.82, 2.24) is 0 Å². The van der Waals surface area contributed by atoms with Gasteiger partial charge in [0.25, 0.3) is 0 Å². The van der Waals surface area contributed by atoms with E-state index in [-0.39, 0.29) is 6.10 Å². The monoisotopic (exact) mass is 308 g/mol. The first-order valence-corrected chi connectivity index (χ1v) is 11.8. The number of aliphatic hydroxyl groups excluding tert-OH is 1. The van der Waals surface area contributed by atoms with Crippen molar-refractivity contribution in [2.75, 3.05) is 0 Å². The predicted octanol–water partition coefficient (Wildman–Crippen LogP) is 5.16. The first-order chi connectivity index (χ1) is 9.90. The van der Waals surface area contributed by atoms with E-state index in [2.05, 4.69) is 50.8 Å². The minimum atomic E-state index is -1.49. The highest BCUT2D eigenvalue weighted by atomic mass is 28.4. The Bertz CT molecular complexity index is 381. The van der Waals surface area contributed by atoms with Gasteiger partial charge in [0.15, 0.2) is 0 Å². The van der Waals surface area contributed by atoms with Crippen LogP contribution in [0.25, 0.3) is 0 Å². The van der Waals surface area contributed by atoms with Gasteiger partial charge in [-0.2, -0.15) is 0 Å². The second-order valence-corrected chi connectivity index (χ2v) is 11.3. The zero-order chi connectivity index (χ0) is 15.7. The molecule has 120 valence electrons. The molecule has 1 rings (SSSR count). The van der Waals surface area contributed by atoms with E-state index in [1.54, 1.807) is 0 Å². The van der Waals surface area contributed by atoms with Crippen LogP contribution in [0.3, 0.4) is 0 Å². The van der Waals surface area contributed by atoms with E-state index in [4.69, 9.17) is 4.43 Å². The minimum Gasteiger partial charge on any atom is -0.544 e. The van der Waals surface area contributed by atoms with Crippen LogP contribution in [0.1, 0.15) is 51.0 Å². The van der Waals surface area contributed by atoms with Gasteiger partial charge in [-0.1, -0.05) is 38.3 Å². The molecule has 1 atom stereocenters. The van der Waals surface area contributed by atoms with Gasteiger partial charge in [0, 0.05) is 0 Å². The third-order valence-corrected chi connectivity index (χ3v) is 4.32. The number of aryl methyl sites for hydroxylation is 1. The van der Waals surface area contributed by atoms with Gasteiger partial charge in [-0.3, -0.25) is 0 Å². The van der Waals surface area contributed by atoms with Crippen LogP contribution in [0, 0.1) is 0 Å². The molecule has 0 fully saturated rings. The molecule has 2 nitrogen and oxygen atoms in total. The quantitative estimate of drug-likeness (QED) is 0.477. The molecule has 0 aliphatic carbocycles. The van der Waals surface area contributed by atoms with E-state index in [1.807, 2.05) is 0 Å². The van der Waals surface area contributed by atoms with Crippen molar-refractivity contribution in [3.05, 3.63) is 29.8 Å². The fourth-order valence-corrected chi connectivity index (χ4v) is 3.28. The lowest BCUT2D eigenvalue weighted by Crippen LogP contribution is -2.29. The van der Waals surface area contributed by atoms with Crippen molar-refractivity contribution in [3.8, 4) is 5.75 Å². The Morgan fingerprint density at radius 1 is 1.00 bits per heavy atom. The summed E-state index contributed by atoms with van der Waals surface area (Å²) in [6.07, 6.45) is 7.55. The van der Waals surface area contributed by atoms with Crippen LogP contribution in [0.4, 0.5) is 0 Å². The molecular weight excluding hydrogens is 276 g/mol. The molecule has 0 heterocycles. The molecule has 21 heavy (non-hydrogen) atoms. The van der Waals surface area contributed by atoms with Crippen molar-refractivity contribution >= 4 is 8.32 Å². The van der Waals surface area contributed by atoms with Crippen molar-refractivity contribution in [2.24, 2.45) is 0 Å². The van der Waals surface area contributed by atoms with Crippen LogP contribution in [-0.4, -0.2) is 19.5 Å². The maximum atomic E-state index is 9.68. The Morgan fingerprint density at radius 3 is 2.24 bits per heavy atom. The van der Waals surface area contributed by atoms with Gasteiger partial charge >= 0.3 is 0 Å². The summed E-state index contributed by atoms with van der Waals surface area (Å²) in [6, 6.07) is 8.56. The summed E-state index contributed by atoms with van der Waals surface area (Å²) in [5.41, 5.74) is 1.38. The molecule has 1 unspecified atom stereocenters. The molecule has 3 heteroatoms. The van der Waals surface area contributed by atoms with Crippen molar-refractivity contribution in [1.29, 1.82) is 0 Å². The minimum absolute atomic E-state index is 0.0898. The summed E-state index contributed by atoms with van der Waals surface area (Å²) in [4.78, 5) is 0. The second kappa shape index (κ2) is 9.26. The van der Waals surface area contributed by atoms with Crippen LogP contribution < -0.4 is 4.43 Å². The van der Waals surface area contributed by atoms with Gasteiger partial charge < -0.3 is 9.53 Å². The topological polar surface area (TPSA) is 29.5 Å². The molecule has 0 aliphatic rings. The van der Waals surface area contributed by atoms with Crippen LogP contribution >= 0.6 is 0 Å². The third-order valence-electron chi connectivity index (χ3n) is 3.47. The van der Waals surface area contributed by atoms with Gasteiger partial charge in [-0.25, -0.2) is 0 Å². The number of unbranched alkanes of at least 4 members (excludes halogenated alkanes) is 2. The highest BCUT2D eigenvalue weighted by Gasteiger charge is 2.15. The average Bonchev–Trinajstić information content (AvgIpc) is 2.39. The Labute approximate surface area is 131 Å². The summed E-state index contributed by atoms with van der Waals surface area (Å²) in [7, 11) is -1.49. The molecular formula is C18H32O2Si. The van der Waals surface area contributed by atoms with Gasteiger partial charge in [-0.05, 0) is 63.0 Å². The molecule has 0 bridgehead atoms. The van der Waals surface area contributed by atoms with E-state index < -0.39 is 8.32 Å². The maximum absolute atomic E-state index is 9.68. The average molecular weight is 309 g/mol. The molecule has 0 saturated heterocycles. The summed E-state index contributed by atoms with van der Waals surface area (Å²) < 4.78 is 5.96. The fourth-order valence-electron chi connectivity index (χ4n) is 2.44. The van der Waals surface area contributed by atoms with Gasteiger partial charge in [-0.15, -0.1) is 0 Å². The largest absolute Gasteiger partial charge is 0.544 e. The first kappa shape index (κ1) is 18.2. The van der Waals surface area contributed by atoms with Gasteiger partial charge in [0.05, 0.1) is 6.10 Å². The van der Waals surface area contributed by atoms with E-state index in [1.165, 1.54) is 18.4 Å².